The van der Waals surface area contributed by atoms with Crippen molar-refractivity contribution in [2.24, 2.45) is 0 Å². The van der Waals surface area contributed by atoms with Crippen LogP contribution in [0, 0.1) is 5.82 Å². The van der Waals surface area contributed by atoms with E-state index in [0.29, 0.717) is 6.54 Å². The second-order valence-corrected chi connectivity index (χ2v) is 6.77. The van der Waals surface area contributed by atoms with E-state index >= 15 is 0 Å². The maximum atomic E-state index is 13.4. The fraction of sp³-hybridized carbons (Fsp3) is 0.333. The van der Waals surface area contributed by atoms with Crippen LogP contribution in [0.15, 0.2) is 39.9 Å². The van der Waals surface area contributed by atoms with Crippen LogP contribution in [0.5, 0.6) is 0 Å². The summed E-state index contributed by atoms with van der Waals surface area (Å²) in [6, 6.07) is 7.01. The largest absolute Gasteiger partial charge is 0.387 e. The van der Waals surface area contributed by atoms with E-state index in [1.807, 2.05) is 22.9 Å². The first kappa shape index (κ1) is 14.1. The fourth-order valence-electron chi connectivity index (χ4n) is 2.41. The molecular weight excluding hydrogens is 293 g/mol. The smallest absolute Gasteiger partial charge is 0.123 e. The Morgan fingerprint density at radius 3 is 3.10 bits per heavy atom. The molecule has 0 fully saturated rings. The van der Waals surface area contributed by atoms with Crippen LogP contribution in [0.4, 0.5) is 4.39 Å². The number of halogens is 1. The Balaban J connectivity index is 1.69. The van der Waals surface area contributed by atoms with E-state index in [1.54, 1.807) is 29.2 Å². The van der Waals surface area contributed by atoms with Gasteiger partial charge in [0.05, 0.1) is 6.10 Å². The number of rotatable bonds is 4. The minimum absolute atomic E-state index is 0.121. The molecule has 0 saturated heterocycles. The zero-order chi connectivity index (χ0) is 13.9. The van der Waals surface area contributed by atoms with Crippen LogP contribution in [-0.4, -0.2) is 17.4 Å². The summed E-state index contributed by atoms with van der Waals surface area (Å²) in [4.78, 5) is 1.14. The highest BCUT2D eigenvalue weighted by atomic mass is 32.2. The van der Waals surface area contributed by atoms with Gasteiger partial charge in [0.1, 0.15) is 5.82 Å². The molecule has 0 bridgehead atoms. The summed E-state index contributed by atoms with van der Waals surface area (Å²) in [7, 11) is 0. The summed E-state index contributed by atoms with van der Waals surface area (Å²) in [5.41, 5.74) is 1.95. The van der Waals surface area contributed by atoms with E-state index in [1.165, 1.54) is 6.07 Å². The molecule has 0 aliphatic carbocycles. The summed E-state index contributed by atoms with van der Waals surface area (Å²) in [5.74, 6) is 0.821. The van der Waals surface area contributed by atoms with Gasteiger partial charge in [0.2, 0.25) is 0 Å². The lowest BCUT2D eigenvalue weighted by atomic mass is 10.0. The highest BCUT2D eigenvalue weighted by Gasteiger charge is 2.22. The number of aliphatic hydroxyl groups is 1. The highest BCUT2D eigenvalue weighted by Crippen LogP contribution is 2.36. The van der Waals surface area contributed by atoms with Crippen LogP contribution in [0.25, 0.3) is 0 Å². The van der Waals surface area contributed by atoms with Gasteiger partial charge in [-0.3, -0.25) is 0 Å². The van der Waals surface area contributed by atoms with Crippen molar-refractivity contribution in [1.82, 2.24) is 5.32 Å². The monoisotopic (exact) mass is 309 g/mol. The Morgan fingerprint density at radius 2 is 2.30 bits per heavy atom. The van der Waals surface area contributed by atoms with Gasteiger partial charge in [0.15, 0.2) is 0 Å². The molecule has 0 radical (unpaired) electrons. The average molecular weight is 309 g/mol. The van der Waals surface area contributed by atoms with Crippen LogP contribution < -0.4 is 5.32 Å². The number of thioether (sulfide) groups is 1. The molecule has 1 aromatic carbocycles. The first-order valence-corrected chi connectivity index (χ1v) is 8.52. The SMILES string of the molecule is OC(CNC1CCSc2ccc(F)cc21)c1ccsc1. The van der Waals surface area contributed by atoms with Crippen molar-refractivity contribution in [2.75, 3.05) is 12.3 Å². The predicted octanol–water partition coefficient (Wildman–Crippen LogP) is 3.75. The summed E-state index contributed by atoms with van der Waals surface area (Å²) in [5, 5.41) is 17.4. The van der Waals surface area contributed by atoms with Crippen LogP contribution in [0.3, 0.4) is 0 Å². The third kappa shape index (κ3) is 3.06. The summed E-state index contributed by atoms with van der Waals surface area (Å²) in [6.45, 7) is 0.488. The van der Waals surface area contributed by atoms with E-state index in [9.17, 15) is 9.50 Å². The van der Waals surface area contributed by atoms with Gasteiger partial charge in [-0.15, -0.1) is 11.8 Å². The molecule has 1 aliphatic heterocycles. The number of hydrogen-bond donors (Lipinski definition) is 2. The van der Waals surface area contributed by atoms with E-state index in [2.05, 4.69) is 5.32 Å². The van der Waals surface area contributed by atoms with Crippen LogP contribution in [-0.2, 0) is 0 Å². The summed E-state index contributed by atoms with van der Waals surface area (Å²) >= 11 is 3.34. The molecule has 2 atom stereocenters. The normalized spacial score (nSPS) is 19.6. The van der Waals surface area contributed by atoms with Gasteiger partial charge in [-0.05, 0) is 58.3 Å². The number of nitrogens with one attached hydrogen (secondary N) is 1. The van der Waals surface area contributed by atoms with Crippen molar-refractivity contribution in [1.29, 1.82) is 0 Å². The molecule has 5 heteroatoms. The zero-order valence-corrected chi connectivity index (χ0v) is 12.5. The summed E-state index contributed by atoms with van der Waals surface area (Å²) in [6.07, 6.45) is 0.449. The number of benzene rings is 1. The molecule has 0 amide bonds. The Labute approximate surface area is 126 Å². The zero-order valence-electron chi connectivity index (χ0n) is 10.9. The van der Waals surface area contributed by atoms with Gasteiger partial charge >= 0.3 is 0 Å². The van der Waals surface area contributed by atoms with Gasteiger partial charge in [-0.1, -0.05) is 0 Å². The third-order valence-electron chi connectivity index (χ3n) is 3.50. The van der Waals surface area contributed by atoms with E-state index in [-0.39, 0.29) is 11.9 Å². The average Bonchev–Trinajstić information content (AvgIpc) is 2.99. The Kier molecular flexibility index (Phi) is 4.41. The molecule has 0 saturated carbocycles. The van der Waals surface area contributed by atoms with Gasteiger partial charge < -0.3 is 10.4 Å². The topological polar surface area (TPSA) is 32.3 Å². The third-order valence-corrected chi connectivity index (χ3v) is 5.32. The molecule has 106 valence electrons. The quantitative estimate of drug-likeness (QED) is 0.902. The lowest BCUT2D eigenvalue weighted by Crippen LogP contribution is -2.28. The molecule has 20 heavy (non-hydrogen) atoms. The van der Waals surface area contributed by atoms with Gasteiger partial charge in [-0.2, -0.15) is 11.3 Å². The first-order chi connectivity index (χ1) is 9.74. The van der Waals surface area contributed by atoms with Crippen molar-refractivity contribution in [3.63, 3.8) is 0 Å². The lowest BCUT2D eigenvalue weighted by molar-refractivity contribution is 0.169. The van der Waals surface area contributed by atoms with Crippen molar-refractivity contribution in [3.8, 4) is 0 Å². The van der Waals surface area contributed by atoms with Crippen molar-refractivity contribution in [2.45, 2.75) is 23.5 Å². The first-order valence-electron chi connectivity index (χ1n) is 6.60. The van der Waals surface area contributed by atoms with E-state index in [0.717, 1.165) is 28.2 Å². The molecule has 1 aromatic heterocycles. The molecule has 2 heterocycles. The fourth-order valence-corrected chi connectivity index (χ4v) is 4.23. The molecular formula is C15H16FNOS2. The Morgan fingerprint density at radius 1 is 1.40 bits per heavy atom. The van der Waals surface area contributed by atoms with E-state index in [4.69, 9.17) is 0 Å². The maximum absolute atomic E-state index is 13.4. The second kappa shape index (κ2) is 6.26. The number of fused-ring (bicyclic) bond motifs is 1. The van der Waals surface area contributed by atoms with Crippen molar-refractivity contribution < 1.29 is 9.50 Å². The molecule has 1 aliphatic rings. The minimum Gasteiger partial charge on any atom is -0.387 e. The van der Waals surface area contributed by atoms with Crippen molar-refractivity contribution >= 4 is 23.1 Å². The van der Waals surface area contributed by atoms with Crippen molar-refractivity contribution in [3.05, 3.63) is 52.0 Å². The lowest BCUT2D eigenvalue weighted by Gasteiger charge is -2.27. The molecule has 0 spiro atoms. The number of thiophene rings is 1. The standard InChI is InChI=1S/C15H16FNOS2/c16-11-1-2-15-12(7-11)13(4-6-20-15)17-8-14(18)10-3-5-19-9-10/h1-3,5,7,9,13-14,17-18H,4,6,8H2. The Hall–Kier alpha value is -0.880. The number of hydrogen-bond acceptors (Lipinski definition) is 4. The summed E-state index contributed by atoms with van der Waals surface area (Å²) < 4.78 is 13.4. The molecule has 3 rings (SSSR count). The maximum Gasteiger partial charge on any atom is 0.123 e. The van der Waals surface area contributed by atoms with E-state index < -0.39 is 6.10 Å². The van der Waals surface area contributed by atoms with Gasteiger partial charge in [-0.25, -0.2) is 4.39 Å². The van der Waals surface area contributed by atoms with Crippen LogP contribution in [0.2, 0.25) is 0 Å². The van der Waals surface area contributed by atoms with Crippen LogP contribution >= 0.6 is 23.1 Å². The Bertz CT molecular complexity index is 573. The number of aliphatic hydroxyl groups excluding tert-OH is 1. The second-order valence-electron chi connectivity index (χ2n) is 4.85. The highest BCUT2D eigenvalue weighted by molar-refractivity contribution is 7.99. The van der Waals surface area contributed by atoms with Gasteiger partial charge in [0, 0.05) is 17.5 Å². The van der Waals surface area contributed by atoms with Gasteiger partial charge in [0.25, 0.3) is 0 Å². The molecule has 2 unspecified atom stereocenters. The molecule has 2 aromatic rings. The minimum atomic E-state index is -0.507. The van der Waals surface area contributed by atoms with Crippen LogP contribution in [0.1, 0.15) is 29.7 Å². The molecule has 2 N–H and O–H groups in total. The molecule has 2 nitrogen and oxygen atoms in total. The predicted molar refractivity (Wildman–Crippen MR) is 81.8 cm³/mol.